The number of sulfonamides is 1. The van der Waals surface area contributed by atoms with Crippen LogP contribution >= 0.6 is 0 Å². The molecule has 2 aliphatic rings. The molecule has 1 aromatic carbocycles. The lowest BCUT2D eigenvalue weighted by Gasteiger charge is -2.29. The van der Waals surface area contributed by atoms with Crippen LogP contribution in [0.25, 0.3) is 0 Å². The molecule has 0 bridgehead atoms. The Bertz CT molecular complexity index is 650. The Balaban J connectivity index is 1.90. The van der Waals surface area contributed by atoms with E-state index in [1.807, 2.05) is 4.90 Å². The van der Waals surface area contributed by atoms with Gasteiger partial charge in [-0.15, -0.1) is 0 Å². The molecule has 0 aromatic heterocycles. The maximum absolute atomic E-state index is 12.3. The number of fused-ring (bicyclic) bond motifs is 1. The SMILES string of the molecule is CNS(=O)(=O)c1ccc2c(c1)CCN2C(=O)C1CCC1. The zero-order valence-corrected chi connectivity index (χ0v) is 12.2. The van der Waals surface area contributed by atoms with Crippen molar-refractivity contribution in [3.05, 3.63) is 23.8 Å². The van der Waals surface area contributed by atoms with Crippen molar-refractivity contribution in [2.24, 2.45) is 5.92 Å². The summed E-state index contributed by atoms with van der Waals surface area (Å²) in [5, 5.41) is 0. The molecular weight excluding hydrogens is 276 g/mol. The van der Waals surface area contributed by atoms with Crippen LogP contribution in [0.5, 0.6) is 0 Å². The number of rotatable bonds is 3. The first-order valence-electron chi connectivity index (χ1n) is 6.91. The maximum atomic E-state index is 12.3. The van der Waals surface area contributed by atoms with Crippen molar-refractivity contribution >= 4 is 21.6 Å². The van der Waals surface area contributed by atoms with Crippen LogP contribution in [0.3, 0.4) is 0 Å². The summed E-state index contributed by atoms with van der Waals surface area (Å²) in [4.78, 5) is 14.4. The van der Waals surface area contributed by atoms with Gasteiger partial charge in [0.05, 0.1) is 4.90 Å². The third kappa shape index (κ3) is 2.13. The molecule has 1 N–H and O–H groups in total. The Morgan fingerprint density at radius 2 is 2.10 bits per heavy atom. The summed E-state index contributed by atoms with van der Waals surface area (Å²) in [7, 11) is -2.02. The largest absolute Gasteiger partial charge is 0.312 e. The van der Waals surface area contributed by atoms with Crippen molar-refractivity contribution in [2.75, 3.05) is 18.5 Å². The molecule has 1 amide bonds. The number of hydrogen-bond donors (Lipinski definition) is 1. The summed E-state index contributed by atoms with van der Waals surface area (Å²) in [6.45, 7) is 0.660. The predicted octanol–water partition coefficient (Wildman–Crippen LogP) is 1.28. The Morgan fingerprint density at radius 1 is 1.35 bits per heavy atom. The van der Waals surface area contributed by atoms with E-state index in [-0.39, 0.29) is 16.7 Å². The van der Waals surface area contributed by atoms with Crippen molar-refractivity contribution in [1.82, 2.24) is 4.72 Å². The average molecular weight is 294 g/mol. The molecule has 0 atom stereocenters. The second-order valence-electron chi connectivity index (χ2n) is 5.37. The van der Waals surface area contributed by atoms with Gasteiger partial charge in [-0.05, 0) is 50.1 Å². The molecule has 1 heterocycles. The van der Waals surface area contributed by atoms with Crippen molar-refractivity contribution < 1.29 is 13.2 Å². The highest BCUT2D eigenvalue weighted by Crippen LogP contribution is 2.35. The molecule has 0 spiro atoms. The van der Waals surface area contributed by atoms with Gasteiger partial charge < -0.3 is 4.90 Å². The second-order valence-corrected chi connectivity index (χ2v) is 7.25. The number of amides is 1. The van der Waals surface area contributed by atoms with Gasteiger partial charge in [0.2, 0.25) is 15.9 Å². The van der Waals surface area contributed by atoms with Crippen LogP contribution in [-0.4, -0.2) is 27.9 Å². The molecule has 1 aliphatic heterocycles. The average Bonchev–Trinajstić information content (AvgIpc) is 2.79. The van der Waals surface area contributed by atoms with E-state index in [9.17, 15) is 13.2 Å². The van der Waals surface area contributed by atoms with Gasteiger partial charge >= 0.3 is 0 Å². The Kier molecular flexibility index (Phi) is 3.30. The van der Waals surface area contributed by atoms with Crippen molar-refractivity contribution in [1.29, 1.82) is 0 Å². The third-order valence-corrected chi connectivity index (χ3v) is 5.66. The monoisotopic (exact) mass is 294 g/mol. The lowest BCUT2D eigenvalue weighted by molar-refractivity contribution is -0.124. The summed E-state index contributed by atoms with van der Waals surface area (Å²) in [6, 6.07) is 5.00. The van der Waals surface area contributed by atoms with Crippen LogP contribution in [0.2, 0.25) is 0 Å². The van der Waals surface area contributed by atoms with Gasteiger partial charge in [-0.3, -0.25) is 4.79 Å². The molecule has 3 rings (SSSR count). The van der Waals surface area contributed by atoms with Gasteiger partial charge in [-0.25, -0.2) is 13.1 Å². The first-order chi connectivity index (χ1) is 9.53. The molecule has 0 unspecified atom stereocenters. The Hall–Kier alpha value is -1.40. The van der Waals surface area contributed by atoms with E-state index in [2.05, 4.69) is 4.72 Å². The third-order valence-electron chi connectivity index (χ3n) is 4.25. The minimum atomic E-state index is -3.42. The number of hydrogen-bond acceptors (Lipinski definition) is 3. The van der Waals surface area contributed by atoms with Crippen LogP contribution in [0, 0.1) is 5.92 Å². The number of carbonyl (C=O) groups is 1. The van der Waals surface area contributed by atoms with Gasteiger partial charge in [0.25, 0.3) is 0 Å². The summed E-state index contributed by atoms with van der Waals surface area (Å²) >= 11 is 0. The number of anilines is 1. The fourth-order valence-corrected chi connectivity index (χ4v) is 3.55. The zero-order chi connectivity index (χ0) is 14.3. The fraction of sp³-hybridized carbons (Fsp3) is 0.500. The first kappa shape index (κ1) is 13.6. The highest BCUT2D eigenvalue weighted by Gasteiger charge is 2.33. The molecule has 1 aliphatic carbocycles. The molecule has 108 valence electrons. The molecular formula is C14H18N2O3S. The van der Waals surface area contributed by atoms with Crippen molar-refractivity contribution in [3.63, 3.8) is 0 Å². The van der Waals surface area contributed by atoms with Gasteiger partial charge in [0.15, 0.2) is 0 Å². The highest BCUT2D eigenvalue weighted by molar-refractivity contribution is 7.89. The Morgan fingerprint density at radius 3 is 2.70 bits per heavy atom. The van der Waals surface area contributed by atoms with E-state index in [4.69, 9.17) is 0 Å². The number of nitrogens with one attached hydrogen (secondary N) is 1. The van der Waals surface area contributed by atoms with Crippen LogP contribution in [0.15, 0.2) is 23.1 Å². The quantitative estimate of drug-likeness (QED) is 0.913. The minimum Gasteiger partial charge on any atom is -0.312 e. The van der Waals surface area contributed by atoms with E-state index in [0.717, 1.165) is 36.9 Å². The highest BCUT2D eigenvalue weighted by atomic mass is 32.2. The topological polar surface area (TPSA) is 66.5 Å². The van der Waals surface area contributed by atoms with E-state index in [1.54, 1.807) is 18.2 Å². The van der Waals surface area contributed by atoms with Gasteiger partial charge in [0, 0.05) is 18.2 Å². The zero-order valence-electron chi connectivity index (χ0n) is 11.4. The normalized spacial score (nSPS) is 18.8. The van der Waals surface area contributed by atoms with Crippen LogP contribution < -0.4 is 9.62 Å². The lowest BCUT2D eigenvalue weighted by atomic mass is 9.84. The molecule has 0 saturated heterocycles. The number of nitrogens with zero attached hydrogens (tertiary/aromatic N) is 1. The minimum absolute atomic E-state index is 0.168. The summed E-state index contributed by atoms with van der Waals surface area (Å²) in [6.07, 6.45) is 3.82. The Labute approximate surface area is 119 Å². The van der Waals surface area contributed by atoms with Gasteiger partial charge in [-0.2, -0.15) is 0 Å². The fourth-order valence-electron chi connectivity index (χ4n) is 2.77. The van der Waals surface area contributed by atoms with E-state index in [0.29, 0.717) is 6.54 Å². The molecule has 1 aromatic rings. The van der Waals surface area contributed by atoms with E-state index < -0.39 is 10.0 Å². The predicted molar refractivity (Wildman–Crippen MR) is 76.1 cm³/mol. The first-order valence-corrected chi connectivity index (χ1v) is 8.39. The molecule has 5 nitrogen and oxygen atoms in total. The maximum Gasteiger partial charge on any atom is 0.240 e. The van der Waals surface area contributed by atoms with Crippen molar-refractivity contribution in [2.45, 2.75) is 30.6 Å². The van der Waals surface area contributed by atoms with E-state index in [1.165, 1.54) is 7.05 Å². The molecule has 1 saturated carbocycles. The molecule has 20 heavy (non-hydrogen) atoms. The smallest absolute Gasteiger partial charge is 0.240 e. The summed E-state index contributed by atoms with van der Waals surface area (Å²) in [5.74, 6) is 0.362. The molecule has 1 fully saturated rings. The second kappa shape index (κ2) is 4.86. The molecule has 0 radical (unpaired) electrons. The van der Waals surface area contributed by atoms with Crippen molar-refractivity contribution in [3.8, 4) is 0 Å². The van der Waals surface area contributed by atoms with Gasteiger partial charge in [0.1, 0.15) is 0 Å². The summed E-state index contributed by atoms with van der Waals surface area (Å²) < 4.78 is 25.9. The summed E-state index contributed by atoms with van der Waals surface area (Å²) in [5.41, 5.74) is 1.81. The van der Waals surface area contributed by atoms with Crippen LogP contribution in [0.1, 0.15) is 24.8 Å². The number of carbonyl (C=O) groups excluding carboxylic acids is 1. The number of benzene rings is 1. The molecule has 6 heteroatoms. The lowest BCUT2D eigenvalue weighted by Crippen LogP contribution is -2.37. The van der Waals surface area contributed by atoms with Crippen LogP contribution in [-0.2, 0) is 21.2 Å². The van der Waals surface area contributed by atoms with Crippen LogP contribution in [0.4, 0.5) is 5.69 Å². The van der Waals surface area contributed by atoms with Gasteiger partial charge in [-0.1, -0.05) is 6.42 Å². The van der Waals surface area contributed by atoms with E-state index >= 15 is 0 Å². The standard InChI is InChI=1S/C14H18N2O3S/c1-15-20(18,19)12-5-6-13-11(9-12)7-8-16(13)14(17)10-3-2-4-10/h5-6,9-10,15H,2-4,7-8H2,1H3.